The molecule has 0 saturated carbocycles. The summed E-state index contributed by atoms with van der Waals surface area (Å²) in [6, 6.07) is 11.9. The number of carbonyl (C=O) groups excluding carboxylic acids is 3. The summed E-state index contributed by atoms with van der Waals surface area (Å²) in [5.74, 6) is -0.543. The Hall–Kier alpha value is -5.00. The quantitative estimate of drug-likeness (QED) is 0.354. The first-order chi connectivity index (χ1) is 19.4. The summed E-state index contributed by atoms with van der Waals surface area (Å²) in [5, 5.41) is 5.58. The standard InChI is InChI=1S/C28H24FN7O4/c29-16-2-1-3-17(7-16)35-11-19-8-18(35)12-36(19)28(39)20-10-30-25-24(20)32-14-33-26(25)27(38)31-9-15-4-5-22-21(6-15)34-23(37)13-40-22/h1-7,10,14,18-19,30H,8-9,11-13H2,(H,31,38)(H,34,37)/t18-,19-/m1/s1. The van der Waals surface area contributed by atoms with Gasteiger partial charge in [-0.25, -0.2) is 14.4 Å². The monoisotopic (exact) mass is 541 g/mol. The highest BCUT2D eigenvalue weighted by atomic mass is 19.1. The third kappa shape index (κ3) is 4.08. The first-order valence-electron chi connectivity index (χ1n) is 12.9. The van der Waals surface area contributed by atoms with E-state index in [1.165, 1.54) is 18.5 Å². The van der Waals surface area contributed by atoms with Crippen LogP contribution in [0.1, 0.15) is 32.8 Å². The van der Waals surface area contributed by atoms with Crippen molar-refractivity contribution in [1.29, 1.82) is 0 Å². The van der Waals surface area contributed by atoms with Crippen LogP contribution in [0, 0.1) is 5.82 Å². The highest BCUT2D eigenvalue weighted by molar-refractivity contribution is 6.10. The number of halogens is 1. The number of anilines is 2. The van der Waals surface area contributed by atoms with Gasteiger partial charge in [0, 0.05) is 37.6 Å². The fourth-order valence-electron chi connectivity index (χ4n) is 5.82. The predicted molar refractivity (Wildman–Crippen MR) is 143 cm³/mol. The Balaban J connectivity index is 1.06. The van der Waals surface area contributed by atoms with Gasteiger partial charge in [-0.15, -0.1) is 0 Å². The number of hydrogen-bond donors (Lipinski definition) is 3. The van der Waals surface area contributed by atoms with E-state index in [9.17, 15) is 18.8 Å². The van der Waals surface area contributed by atoms with Crippen molar-refractivity contribution in [1.82, 2.24) is 25.2 Å². The Morgan fingerprint density at radius 2 is 2.02 bits per heavy atom. The highest BCUT2D eigenvalue weighted by Gasteiger charge is 2.46. The van der Waals surface area contributed by atoms with Crippen molar-refractivity contribution >= 4 is 40.1 Å². The zero-order chi connectivity index (χ0) is 27.4. The molecule has 2 fully saturated rings. The molecule has 0 spiro atoms. The van der Waals surface area contributed by atoms with Crippen LogP contribution in [0.15, 0.2) is 55.0 Å². The van der Waals surface area contributed by atoms with E-state index >= 15 is 0 Å². The van der Waals surface area contributed by atoms with Crippen molar-refractivity contribution in [3.63, 3.8) is 0 Å². The molecular formula is C28H24FN7O4. The SMILES string of the molecule is O=C1COc2ccc(CNC(=O)c3ncnc4c(C(=O)N5C[C@H]6C[C@@H]5CN6c5cccc(F)c5)c[nH]c34)cc2N1. The number of fused-ring (bicyclic) bond motifs is 4. The van der Waals surface area contributed by atoms with Gasteiger partial charge in [0.1, 0.15) is 23.4 Å². The van der Waals surface area contributed by atoms with Crippen molar-refractivity contribution in [3.05, 3.63) is 77.6 Å². The molecule has 2 bridgehead atoms. The maximum Gasteiger partial charge on any atom is 0.272 e. The van der Waals surface area contributed by atoms with Crippen LogP contribution in [-0.2, 0) is 11.3 Å². The third-order valence-electron chi connectivity index (χ3n) is 7.68. The lowest BCUT2D eigenvalue weighted by atomic mass is 10.1. The second kappa shape index (κ2) is 9.33. The lowest BCUT2D eigenvalue weighted by Crippen LogP contribution is -2.48. The number of amides is 3. The number of likely N-dealkylation sites (tertiary alicyclic amines) is 1. The second-order valence-corrected chi connectivity index (χ2v) is 10.1. The molecular weight excluding hydrogens is 517 g/mol. The smallest absolute Gasteiger partial charge is 0.272 e. The summed E-state index contributed by atoms with van der Waals surface area (Å²) >= 11 is 0. The summed E-state index contributed by atoms with van der Waals surface area (Å²) in [6.07, 6.45) is 3.65. The molecule has 2 aromatic carbocycles. The molecule has 5 heterocycles. The van der Waals surface area contributed by atoms with Crippen molar-refractivity contribution in [2.75, 3.05) is 29.9 Å². The van der Waals surface area contributed by atoms with E-state index in [1.54, 1.807) is 30.5 Å². The molecule has 2 aromatic heterocycles. The van der Waals surface area contributed by atoms with Gasteiger partial charge in [-0.1, -0.05) is 12.1 Å². The number of nitrogens with zero attached hydrogens (tertiary/aromatic N) is 4. The van der Waals surface area contributed by atoms with Crippen molar-refractivity contribution in [2.24, 2.45) is 0 Å². The molecule has 3 aliphatic rings. The van der Waals surface area contributed by atoms with E-state index in [0.29, 0.717) is 41.1 Å². The van der Waals surface area contributed by atoms with Gasteiger partial charge in [0.15, 0.2) is 12.3 Å². The first kappa shape index (κ1) is 24.1. The molecule has 0 unspecified atom stereocenters. The summed E-state index contributed by atoms with van der Waals surface area (Å²) in [5.41, 5.74) is 3.39. The van der Waals surface area contributed by atoms with E-state index in [1.807, 2.05) is 11.0 Å². The summed E-state index contributed by atoms with van der Waals surface area (Å²) in [6.45, 7) is 1.32. The molecule has 12 heteroatoms. The number of ether oxygens (including phenoxy) is 1. The van der Waals surface area contributed by atoms with Crippen LogP contribution in [-0.4, -0.2) is 69.4 Å². The highest BCUT2D eigenvalue weighted by Crippen LogP contribution is 2.36. The van der Waals surface area contributed by atoms with Crippen LogP contribution in [0.25, 0.3) is 11.0 Å². The van der Waals surface area contributed by atoms with Crippen molar-refractivity contribution in [3.8, 4) is 5.75 Å². The van der Waals surface area contributed by atoms with E-state index in [0.717, 1.165) is 17.7 Å². The molecule has 3 amide bonds. The number of hydrogen-bond acceptors (Lipinski definition) is 7. The molecule has 2 atom stereocenters. The van der Waals surface area contributed by atoms with Crippen LogP contribution in [0.3, 0.4) is 0 Å². The molecule has 11 nitrogen and oxygen atoms in total. The Morgan fingerprint density at radius 1 is 1.12 bits per heavy atom. The Morgan fingerprint density at radius 3 is 2.85 bits per heavy atom. The number of piperazine rings is 1. The molecule has 0 radical (unpaired) electrons. The number of nitrogens with one attached hydrogen (secondary N) is 3. The molecule has 202 valence electrons. The van der Waals surface area contributed by atoms with Crippen LogP contribution >= 0.6 is 0 Å². The first-order valence-corrected chi connectivity index (χ1v) is 12.9. The fourth-order valence-corrected chi connectivity index (χ4v) is 5.82. The number of aromatic amines is 1. The van der Waals surface area contributed by atoms with Gasteiger partial charge in [-0.05, 0) is 42.3 Å². The minimum Gasteiger partial charge on any atom is -0.482 e. The van der Waals surface area contributed by atoms with Gasteiger partial charge in [-0.3, -0.25) is 14.4 Å². The zero-order valence-electron chi connectivity index (χ0n) is 21.2. The number of H-pyrrole nitrogens is 1. The van der Waals surface area contributed by atoms with Gasteiger partial charge in [0.2, 0.25) is 0 Å². The lowest BCUT2D eigenvalue weighted by molar-refractivity contribution is -0.118. The van der Waals surface area contributed by atoms with Gasteiger partial charge in [0.25, 0.3) is 17.7 Å². The molecule has 3 aliphatic heterocycles. The maximum absolute atomic E-state index is 13.7. The Bertz CT molecular complexity index is 1690. The molecule has 0 aliphatic carbocycles. The normalized spacial score (nSPS) is 19.4. The summed E-state index contributed by atoms with van der Waals surface area (Å²) in [7, 11) is 0. The van der Waals surface area contributed by atoms with E-state index in [4.69, 9.17) is 4.74 Å². The molecule has 4 aromatic rings. The number of rotatable bonds is 5. The van der Waals surface area contributed by atoms with Gasteiger partial charge < -0.3 is 30.2 Å². The second-order valence-electron chi connectivity index (χ2n) is 10.1. The van der Waals surface area contributed by atoms with Crippen molar-refractivity contribution < 1.29 is 23.5 Å². The topological polar surface area (TPSA) is 133 Å². The largest absolute Gasteiger partial charge is 0.482 e. The van der Waals surface area contributed by atoms with E-state index in [2.05, 4.69) is 30.5 Å². The van der Waals surface area contributed by atoms with Crippen molar-refractivity contribution in [2.45, 2.75) is 25.0 Å². The minimum absolute atomic E-state index is 0.00197. The predicted octanol–water partition coefficient (Wildman–Crippen LogP) is 2.46. The number of aromatic nitrogens is 3. The van der Waals surface area contributed by atoms with Crippen LogP contribution in [0.2, 0.25) is 0 Å². The molecule has 2 saturated heterocycles. The van der Waals surface area contributed by atoms with Crippen LogP contribution in [0.5, 0.6) is 5.75 Å². The summed E-state index contributed by atoms with van der Waals surface area (Å²) in [4.78, 5) is 53.7. The minimum atomic E-state index is -0.433. The van der Waals surface area contributed by atoms with Gasteiger partial charge in [-0.2, -0.15) is 0 Å². The molecule has 7 rings (SSSR count). The number of benzene rings is 2. The summed E-state index contributed by atoms with van der Waals surface area (Å²) < 4.78 is 19.1. The average Bonchev–Trinajstić information content (AvgIpc) is 3.70. The Kier molecular flexibility index (Phi) is 5.61. The zero-order valence-corrected chi connectivity index (χ0v) is 21.2. The Labute approximate surface area is 227 Å². The fraction of sp³-hybridized carbons (Fsp3) is 0.250. The van der Waals surface area contributed by atoms with Gasteiger partial charge >= 0.3 is 0 Å². The van der Waals surface area contributed by atoms with E-state index in [-0.39, 0.29) is 48.6 Å². The van der Waals surface area contributed by atoms with Gasteiger partial charge in [0.05, 0.1) is 22.8 Å². The average molecular weight is 542 g/mol. The van der Waals surface area contributed by atoms with E-state index < -0.39 is 5.91 Å². The molecule has 40 heavy (non-hydrogen) atoms. The third-order valence-corrected chi connectivity index (χ3v) is 7.68. The van der Waals surface area contributed by atoms with Crippen LogP contribution in [0.4, 0.5) is 15.8 Å². The lowest BCUT2D eigenvalue weighted by Gasteiger charge is -2.35. The molecule has 3 N–H and O–H groups in total. The van der Waals surface area contributed by atoms with Crippen LogP contribution < -0.4 is 20.3 Å². The number of carbonyl (C=O) groups is 3. The maximum atomic E-state index is 13.7.